The summed E-state index contributed by atoms with van der Waals surface area (Å²) >= 11 is 0. The maximum atomic E-state index is 10.1. The van der Waals surface area contributed by atoms with Crippen molar-refractivity contribution in [1.82, 2.24) is 0 Å². The van der Waals surface area contributed by atoms with Gasteiger partial charge in [0.2, 0.25) is 6.29 Å². The second-order valence-electron chi connectivity index (χ2n) is 2.54. The van der Waals surface area contributed by atoms with Crippen LogP contribution in [0.5, 0.6) is 0 Å². The summed E-state index contributed by atoms with van der Waals surface area (Å²) in [5.74, 6) is 0. The lowest BCUT2D eigenvalue weighted by Gasteiger charge is -2.11. The lowest BCUT2D eigenvalue weighted by atomic mass is 10.2. The molecule has 0 saturated heterocycles. The van der Waals surface area contributed by atoms with Gasteiger partial charge >= 0.3 is 0 Å². The van der Waals surface area contributed by atoms with Gasteiger partial charge in [-0.2, -0.15) is 0 Å². The molecule has 1 rings (SSSR count). The number of hydrogen-bond donors (Lipinski definition) is 0. The van der Waals surface area contributed by atoms with Crippen LogP contribution in [0.2, 0.25) is 0 Å². The molecule has 0 aliphatic heterocycles. The SMILES string of the molecule is CN(C)c1ccc([C]=O)cc1. The molecule has 0 bridgehead atoms. The van der Waals surface area contributed by atoms with Crippen LogP contribution in [0, 0.1) is 0 Å². The molecule has 0 amide bonds. The van der Waals surface area contributed by atoms with Gasteiger partial charge in [-0.1, -0.05) is 0 Å². The zero-order chi connectivity index (χ0) is 8.27. The van der Waals surface area contributed by atoms with E-state index in [4.69, 9.17) is 0 Å². The van der Waals surface area contributed by atoms with Crippen LogP contribution in [0.15, 0.2) is 24.3 Å². The van der Waals surface area contributed by atoms with Crippen molar-refractivity contribution in [3.8, 4) is 0 Å². The smallest absolute Gasteiger partial charge is 0.233 e. The van der Waals surface area contributed by atoms with Crippen molar-refractivity contribution in [2.24, 2.45) is 0 Å². The first-order valence-corrected chi connectivity index (χ1v) is 3.39. The highest BCUT2D eigenvalue weighted by atomic mass is 16.1. The Morgan fingerprint density at radius 3 is 2.09 bits per heavy atom. The number of anilines is 1. The van der Waals surface area contributed by atoms with Gasteiger partial charge in [-0.15, -0.1) is 0 Å². The Labute approximate surface area is 66.4 Å². The number of nitrogens with zero attached hydrogens (tertiary/aromatic N) is 1. The quantitative estimate of drug-likeness (QED) is 0.628. The minimum absolute atomic E-state index is 0.593. The first-order valence-electron chi connectivity index (χ1n) is 3.39. The summed E-state index contributed by atoms with van der Waals surface area (Å²) in [6.07, 6.45) is 1.82. The van der Waals surface area contributed by atoms with Gasteiger partial charge in [0.05, 0.1) is 0 Å². The highest BCUT2D eigenvalue weighted by molar-refractivity contribution is 5.76. The molecule has 0 unspecified atom stereocenters. The maximum absolute atomic E-state index is 10.1. The minimum Gasteiger partial charge on any atom is -0.378 e. The van der Waals surface area contributed by atoms with Crippen molar-refractivity contribution in [3.05, 3.63) is 29.8 Å². The molecular formula is C9H10NO. The molecule has 1 aromatic rings. The number of carbonyl (C=O) groups excluding carboxylic acids is 1. The van der Waals surface area contributed by atoms with Gasteiger partial charge in [0.25, 0.3) is 0 Å². The number of hydrogen-bond acceptors (Lipinski definition) is 2. The van der Waals surface area contributed by atoms with Crippen molar-refractivity contribution in [3.63, 3.8) is 0 Å². The van der Waals surface area contributed by atoms with Crippen molar-refractivity contribution in [2.75, 3.05) is 19.0 Å². The van der Waals surface area contributed by atoms with E-state index in [2.05, 4.69) is 0 Å². The zero-order valence-corrected chi connectivity index (χ0v) is 6.66. The summed E-state index contributed by atoms with van der Waals surface area (Å²) in [4.78, 5) is 12.1. The topological polar surface area (TPSA) is 20.3 Å². The van der Waals surface area contributed by atoms with E-state index >= 15 is 0 Å². The average molecular weight is 148 g/mol. The first kappa shape index (κ1) is 7.79. The Hall–Kier alpha value is -1.31. The van der Waals surface area contributed by atoms with E-state index in [9.17, 15) is 4.79 Å². The summed E-state index contributed by atoms with van der Waals surface area (Å²) in [7, 11) is 3.92. The van der Waals surface area contributed by atoms with Gasteiger partial charge in [-0.3, -0.25) is 4.79 Å². The standard InChI is InChI=1S/C9H10NO/c1-10(2)9-5-3-8(7-11)4-6-9/h3-6H,1-2H3. The predicted molar refractivity (Wildman–Crippen MR) is 45.6 cm³/mol. The molecule has 0 aromatic heterocycles. The normalized spacial score (nSPS) is 9.27. The monoisotopic (exact) mass is 148 g/mol. The van der Waals surface area contributed by atoms with Crippen LogP contribution in [0.3, 0.4) is 0 Å². The van der Waals surface area contributed by atoms with Crippen LogP contribution >= 0.6 is 0 Å². The molecule has 57 valence electrons. The molecule has 2 nitrogen and oxygen atoms in total. The van der Waals surface area contributed by atoms with E-state index in [1.807, 2.05) is 37.4 Å². The Morgan fingerprint density at radius 1 is 1.18 bits per heavy atom. The van der Waals surface area contributed by atoms with Crippen LogP contribution in [0.1, 0.15) is 5.56 Å². The van der Waals surface area contributed by atoms with Crippen molar-refractivity contribution < 1.29 is 4.79 Å². The van der Waals surface area contributed by atoms with Gasteiger partial charge < -0.3 is 4.90 Å². The fraction of sp³-hybridized carbons (Fsp3) is 0.222. The second-order valence-corrected chi connectivity index (χ2v) is 2.54. The number of rotatable bonds is 2. The van der Waals surface area contributed by atoms with E-state index < -0.39 is 0 Å². The molecule has 11 heavy (non-hydrogen) atoms. The Bertz CT molecular complexity index is 238. The van der Waals surface area contributed by atoms with Crippen molar-refractivity contribution in [2.45, 2.75) is 0 Å². The van der Waals surface area contributed by atoms with Gasteiger partial charge in [0, 0.05) is 25.3 Å². The van der Waals surface area contributed by atoms with Crippen molar-refractivity contribution in [1.29, 1.82) is 0 Å². The molecule has 0 aliphatic rings. The lowest BCUT2D eigenvalue weighted by molar-refractivity contribution is 0.563. The van der Waals surface area contributed by atoms with Crippen molar-refractivity contribution >= 4 is 12.0 Å². The van der Waals surface area contributed by atoms with E-state index in [1.54, 1.807) is 12.1 Å². The van der Waals surface area contributed by atoms with E-state index in [0.29, 0.717) is 5.56 Å². The molecule has 0 atom stereocenters. The van der Waals surface area contributed by atoms with Gasteiger partial charge in [0.15, 0.2) is 0 Å². The highest BCUT2D eigenvalue weighted by Crippen LogP contribution is 2.10. The fourth-order valence-corrected chi connectivity index (χ4v) is 0.828. The minimum atomic E-state index is 0.593. The second kappa shape index (κ2) is 3.19. The summed E-state index contributed by atoms with van der Waals surface area (Å²) in [5.41, 5.74) is 1.68. The third-order valence-corrected chi connectivity index (χ3v) is 1.50. The lowest BCUT2D eigenvalue weighted by Crippen LogP contribution is -2.08. The zero-order valence-electron chi connectivity index (χ0n) is 6.66. The van der Waals surface area contributed by atoms with Crippen LogP contribution in [-0.4, -0.2) is 20.4 Å². The molecular weight excluding hydrogens is 138 g/mol. The third kappa shape index (κ3) is 1.80. The molecule has 0 N–H and O–H groups in total. The summed E-state index contributed by atoms with van der Waals surface area (Å²) in [5, 5.41) is 0. The van der Waals surface area contributed by atoms with Gasteiger partial charge in [-0.05, 0) is 24.3 Å². The molecule has 1 aromatic carbocycles. The van der Waals surface area contributed by atoms with Gasteiger partial charge in [0.1, 0.15) is 0 Å². The Kier molecular flexibility index (Phi) is 2.26. The highest BCUT2D eigenvalue weighted by Gasteiger charge is 1.93. The van der Waals surface area contributed by atoms with E-state index in [1.165, 1.54) is 0 Å². The Morgan fingerprint density at radius 2 is 1.73 bits per heavy atom. The number of benzene rings is 1. The van der Waals surface area contributed by atoms with Gasteiger partial charge in [-0.25, -0.2) is 0 Å². The summed E-state index contributed by atoms with van der Waals surface area (Å²) < 4.78 is 0. The fourth-order valence-electron chi connectivity index (χ4n) is 0.828. The first-order chi connectivity index (χ1) is 5.24. The summed E-state index contributed by atoms with van der Waals surface area (Å²) in [6, 6.07) is 7.28. The molecule has 0 fully saturated rings. The van der Waals surface area contributed by atoms with Crippen LogP contribution in [-0.2, 0) is 4.79 Å². The Balaban J connectivity index is 2.91. The molecule has 0 spiro atoms. The molecule has 2 heteroatoms. The molecule has 0 heterocycles. The third-order valence-electron chi connectivity index (χ3n) is 1.50. The summed E-state index contributed by atoms with van der Waals surface area (Å²) in [6.45, 7) is 0. The van der Waals surface area contributed by atoms with Crippen LogP contribution < -0.4 is 4.90 Å². The van der Waals surface area contributed by atoms with Crippen LogP contribution in [0.25, 0.3) is 0 Å². The molecule has 1 radical (unpaired) electrons. The van der Waals surface area contributed by atoms with E-state index in [-0.39, 0.29) is 0 Å². The molecule has 0 saturated carbocycles. The average Bonchev–Trinajstić information content (AvgIpc) is 2.05. The van der Waals surface area contributed by atoms with E-state index in [0.717, 1.165) is 5.69 Å². The largest absolute Gasteiger partial charge is 0.378 e. The molecule has 0 aliphatic carbocycles. The van der Waals surface area contributed by atoms with Crippen LogP contribution in [0.4, 0.5) is 5.69 Å². The maximum Gasteiger partial charge on any atom is 0.233 e. The predicted octanol–water partition coefficient (Wildman–Crippen LogP) is 1.21.